The molecular weight excluding hydrogens is 471 g/mol. The van der Waals surface area contributed by atoms with Crippen LogP contribution in [0.15, 0.2) is 42.7 Å². The van der Waals surface area contributed by atoms with Crippen molar-refractivity contribution in [2.45, 2.75) is 44.7 Å². The number of halogens is 2. The molecule has 35 heavy (non-hydrogen) atoms. The number of nitrogens with one attached hydrogen (secondary N) is 1. The quantitative estimate of drug-likeness (QED) is 0.480. The average molecular weight is 499 g/mol. The molecule has 9 heteroatoms. The minimum Gasteiger partial charge on any atom is -0.456 e. The predicted molar refractivity (Wildman–Crippen MR) is 133 cm³/mol. The maximum Gasteiger partial charge on any atom is 0.414 e. The van der Waals surface area contributed by atoms with Gasteiger partial charge >= 0.3 is 6.09 Å². The van der Waals surface area contributed by atoms with E-state index in [2.05, 4.69) is 10.4 Å². The third-order valence-electron chi connectivity index (χ3n) is 6.83. The number of carbonyl (C=O) groups is 1. The molecule has 0 saturated carbocycles. The maximum atomic E-state index is 13.8. The third kappa shape index (κ3) is 4.60. The first kappa shape index (κ1) is 23.6. The number of carbonyl (C=O) groups excluding carboxylic acids is 1. The lowest BCUT2D eigenvalue weighted by molar-refractivity contribution is 0.175. The highest BCUT2D eigenvalue weighted by Crippen LogP contribution is 2.45. The molecule has 0 aliphatic carbocycles. The summed E-state index contributed by atoms with van der Waals surface area (Å²) in [6, 6.07) is 8.50. The van der Waals surface area contributed by atoms with Crippen LogP contribution in [0, 0.1) is 5.82 Å². The van der Waals surface area contributed by atoms with Crippen LogP contribution in [-0.4, -0.2) is 42.1 Å². The molecule has 0 spiro atoms. The fraction of sp³-hybridized carbons (Fsp3) is 0.385. The zero-order chi connectivity index (χ0) is 24.5. The molecule has 184 valence electrons. The molecular formula is C26H28ClFN4O3. The topological polar surface area (TPSA) is 68.6 Å². The van der Waals surface area contributed by atoms with E-state index in [0.717, 1.165) is 54.7 Å². The number of rotatable bonds is 4. The van der Waals surface area contributed by atoms with Crippen molar-refractivity contribution in [3.8, 4) is 22.6 Å². The van der Waals surface area contributed by atoms with Gasteiger partial charge in [0, 0.05) is 35.0 Å². The van der Waals surface area contributed by atoms with E-state index in [1.54, 1.807) is 11.0 Å². The molecule has 1 amide bonds. The van der Waals surface area contributed by atoms with Gasteiger partial charge in [0.1, 0.15) is 17.3 Å². The smallest absolute Gasteiger partial charge is 0.414 e. The normalized spacial score (nSPS) is 18.3. The van der Waals surface area contributed by atoms with E-state index in [-0.39, 0.29) is 11.1 Å². The summed E-state index contributed by atoms with van der Waals surface area (Å²) in [5, 5.41) is 8.02. The Bertz CT molecular complexity index is 1240. The molecule has 1 saturated heterocycles. The molecule has 1 atom stereocenters. The number of methoxy groups -OCH3 is 1. The van der Waals surface area contributed by atoms with Crippen LogP contribution in [0.4, 0.5) is 14.9 Å². The molecule has 2 aliphatic heterocycles. The van der Waals surface area contributed by atoms with Gasteiger partial charge in [-0.1, -0.05) is 11.6 Å². The number of hydrogen-bond acceptors (Lipinski definition) is 5. The Kier molecular flexibility index (Phi) is 6.67. The van der Waals surface area contributed by atoms with E-state index >= 15 is 0 Å². The highest BCUT2D eigenvalue weighted by atomic mass is 35.5. The Morgan fingerprint density at radius 1 is 1.20 bits per heavy atom. The van der Waals surface area contributed by atoms with E-state index < -0.39 is 11.9 Å². The minimum atomic E-state index is -0.511. The van der Waals surface area contributed by atoms with Gasteiger partial charge < -0.3 is 14.8 Å². The first-order valence-corrected chi connectivity index (χ1v) is 12.2. The molecule has 0 radical (unpaired) electrons. The van der Waals surface area contributed by atoms with Gasteiger partial charge in [-0.25, -0.2) is 9.18 Å². The van der Waals surface area contributed by atoms with Gasteiger partial charge in [0.25, 0.3) is 0 Å². The number of piperidine rings is 1. The van der Waals surface area contributed by atoms with Crippen molar-refractivity contribution in [3.63, 3.8) is 0 Å². The lowest BCUT2D eigenvalue weighted by Crippen LogP contribution is -2.42. The van der Waals surface area contributed by atoms with Gasteiger partial charge in [-0.15, -0.1) is 0 Å². The summed E-state index contributed by atoms with van der Waals surface area (Å²) >= 11 is 6.03. The number of amides is 1. The van der Waals surface area contributed by atoms with Crippen LogP contribution in [-0.2, 0) is 11.2 Å². The lowest BCUT2D eigenvalue weighted by atomic mass is 9.92. The van der Waals surface area contributed by atoms with Gasteiger partial charge in [-0.3, -0.25) is 9.58 Å². The molecule has 7 nitrogen and oxygen atoms in total. The lowest BCUT2D eigenvalue weighted by Gasteiger charge is -2.35. The summed E-state index contributed by atoms with van der Waals surface area (Å²) in [6.45, 7) is 3.94. The third-order valence-corrected chi connectivity index (χ3v) is 7.12. The summed E-state index contributed by atoms with van der Waals surface area (Å²) in [4.78, 5) is 14.3. The van der Waals surface area contributed by atoms with Crippen LogP contribution < -0.4 is 15.0 Å². The van der Waals surface area contributed by atoms with Crippen LogP contribution >= 0.6 is 11.6 Å². The summed E-state index contributed by atoms with van der Waals surface area (Å²) < 4.78 is 27.3. The second-order valence-electron chi connectivity index (χ2n) is 9.04. The Morgan fingerprint density at radius 2 is 2.00 bits per heavy atom. The summed E-state index contributed by atoms with van der Waals surface area (Å²) in [5.41, 5.74) is 3.40. The molecule has 3 aromatic rings. The van der Waals surface area contributed by atoms with Crippen molar-refractivity contribution in [3.05, 3.63) is 59.1 Å². The Balaban J connectivity index is 1.61. The van der Waals surface area contributed by atoms with Crippen LogP contribution in [0.5, 0.6) is 11.5 Å². The Labute approximate surface area is 208 Å². The largest absolute Gasteiger partial charge is 0.456 e. The molecule has 1 fully saturated rings. The zero-order valence-corrected chi connectivity index (χ0v) is 20.5. The number of hydrogen-bond donors (Lipinski definition) is 1. The molecule has 2 aromatic carbocycles. The van der Waals surface area contributed by atoms with Crippen molar-refractivity contribution in [2.24, 2.45) is 0 Å². The fourth-order valence-corrected chi connectivity index (χ4v) is 5.10. The minimum absolute atomic E-state index is 0.0163. The fourth-order valence-electron chi connectivity index (χ4n) is 4.93. The van der Waals surface area contributed by atoms with Gasteiger partial charge in [-0.05, 0) is 70.0 Å². The Hall–Kier alpha value is -3.10. The zero-order valence-electron chi connectivity index (χ0n) is 19.8. The van der Waals surface area contributed by atoms with E-state index in [9.17, 15) is 9.18 Å². The molecule has 2 aliphatic rings. The monoisotopic (exact) mass is 498 g/mol. The molecule has 1 unspecified atom stereocenters. The van der Waals surface area contributed by atoms with Crippen molar-refractivity contribution >= 4 is 23.4 Å². The van der Waals surface area contributed by atoms with Crippen molar-refractivity contribution in [2.75, 3.05) is 25.1 Å². The highest BCUT2D eigenvalue weighted by Gasteiger charge is 2.32. The second-order valence-corrected chi connectivity index (χ2v) is 9.44. The first-order chi connectivity index (χ1) is 17.0. The molecule has 0 bridgehead atoms. The van der Waals surface area contributed by atoms with Crippen LogP contribution in [0.25, 0.3) is 11.1 Å². The van der Waals surface area contributed by atoms with Crippen LogP contribution in [0.3, 0.4) is 0 Å². The maximum absolute atomic E-state index is 13.8. The van der Waals surface area contributed by atoms with Crippen molar-refractivity contribution in [1.82, 2.24) is 15.1 Å². The number of aromatic nitrogens is 2. The van der Waals surface area contributed by atoms with Gasteiger partial charge in [0.2, 0.25) is 0 Å². The van der Waals surface area contributed by atoms with Crippen LogP contribution in [0.2, 0.25) is 5.02 Å². The number of nitrogens with zero attached hydrogens (tertiary/aromatic N) is 3. The molecule has 3 heterocycles. The summed E-state index contributed by atoms with van der Waals surface area (Å²) in [6.07, 6.45) is 6.98. The van der Waals surface area contributed by atoms with E-state index in [1.807, 2.05) is 36.1 Å². The highest BCUT2D eigenvalue weighted by molar-refractivity contribution is 6.30. The van der Waals surface area contributed by atoms with E-state index in [4.69, 9.17) is 21.1 Å². The average Bonchev–Trinajstić information content (AvgIpc) is 3.36. The van der Waals surface area contributed by atoms with Gasteiger partial charge in [-0.2, -0.15) is 5.10 Å². The number of ether oxygens (including phenoxy) is 2. The number of fused-ring (bicyclic) bond motifs is 1. The molecule has 1 N–H and O–H groups in total. The summed E-state index contributed by atoms with van der Waals surface area (Å²) in [5.74, 6) is 0.513. The van der Waals surface area contributed by atoms with Crippen LogP contribution in [0.1, 0.15) is 37.8 Å². The van der Waals surface area contributed by atoms with Gasteiger partial charge in [0.05, 0.1) is 30.1 Å². The predicted octanol–water partition coefficient (Wildman–Crippen LogP) is 5.97. The van der Waals surface area contributed by atoms with Gasteiger partial charge in [0.15, 0.2) is 0 Å². The van der Waals surface area contributed by atoms with Crippen molar-refractivity contribution in [1.29, 1.82) is 0 Å². The second kappa shape index (κ2) is 9.87. The Morgan fingerprint density at radius 3 is 2.74 bits per heavy atom. The molecule has 5 rings (SSSR count). The standard InChI is InChI=1S/C26H28ClFN4O3/c1-16-3-5-21-24(32(16)26(33)34-2)8-6-20(25(21)35-19-4-7-23(28)22(27)13-19)17-14-30-31(15-17)18-9-11-29-12-10-18/h4,6-8,13-16,18,29H,3,5,9-12H2,1-2H3. The van der Waals surface area contributed by atoms with E-state index in [0.29, 0.717) is 24.0 Å². The van der Waals surface area contributed by atoms with Crippen molar-refractivity contribution < 1.29 is 18.7 Å². The first-order valence-electron chi connectivity index (χ1n) is 11.9. The number of anilines is 1. The number of benzene rings is 2. The SMILES string of the molecule is COC(=O)N1c2ccc(-c3cnn(C4CCNCC4)c3)c(Oc3ccc(F)c(Cl)c3)c2CCC1C. The summed E-state index contributed by atoms with van der Waals surface area (Å²) in [7, 11) is 1.38. The molecule has 1 aromatic heterocycles. The van der Waals surface area contributed by atoms with E-state index in [1.165, 1.54) is 19.2 Å².